The normalized spacial score (nSPS) is 12.5. The van der Waals surface area contributed by atoms with Crippen LogP contribution in [0.25, 0.3) is 0 Å². The quantitative estimate of drug-likeness (QED) is 0.280. The van der Waals surface area contributed by atoms with E-state index in [4.69, 9.17) is 23.2 Å². The van der Waals surface area contributed by atoms with Crippen molar-refractivity contribution in [3.8, 4) is 0 Å². The molecule has 0 saturated heterocycles. The lowest BCUT2D eigenvalue weighted by atomic mass is 10.1. The van der Waals surface area contributed by atoms with Crippen LogP contribution in [-0.4, -0.2) is 43.3 Å². The predicted molar refractivity (Wildman–Crippen MR) is 166 cm³/mol. The number of hydrogen-bond donors (Lipinski definition) is 1. The fourth-order valence-electron chi connectivity index (χ4n) is 4.36. The van der Waals surface area contributed by atoms with Crippen molar-refractivity contribution >= 4 is 50.7 Å². The summed E-state index contributed by atoms with van der Waals surface area (Å²) in [5, 5.41) is 3.62. The first-order valence-corrected chi connectivity index (χ1v) is 15.5. The lowest BCUT2D eigenvalue weighted by molar-refractivity contribution is -0.141. The van der Waals surface area contributed by atoms with E-state index in [1.54, 1.807) is 55.5 Å². The average Bonchev–Trinajstić information content (AvgIpc) is 2.89. The highest BCUT2D eigenvalue weighted by Crippen LogP contribution is 2.29. The fraction of sp³-hybridized carbons (Fsp3) is 0.355. The molecule has 220 valence electrons. The number of benzene rings is 3. The minimum Gasteiger partial charge on any atom is -0.350 e. The van der Waals surface area contributed by atoms with Gasteiger partial charge in [0.15, 0.2) is 0 Å². The third kappa shape index (κ3) is 8.03. The van der Waals surface area contributed by atoms with E-state index in [0.29, 0.717) is 21.3 Å². The molecule has 0 radical (unpaired) electrons. The number of nitrogens with one attached hydrogen (secondary N) is 1. The third-order valence-corrected chi connectivity index (χ3v) is 9.16. The third-order valence-electron chi connectivity index (χ3n) is 6.66. The van der Waals surface area contributed by atoms with Gasteiger partial charge in [0.2, 0.25) is 11.8 Å². The van der Waals surface area contributed by atoms with Gasteiger partial charge < -0.3 is 10.2 Å². The fourth-order valence-corrected chi connectivity index (χ4v) is 6.30. The number of anilines is 1. The summed E-state index contributed by atoms with van der Waals surface area (Å²) >= 11 is 12.9. The molecular formula is C31H37Cl2N3O4S. The zero-order valence-corrected chi connectivity index (χ0v) is 26.6. The van der Waals surface area contributed by atoms with Gasteiger partial charge in [-0.3, -0.25) is 13.9 Å². The second-order valence-electron chi connectivity index (χ2n) is 11.0. The number of halogens is 2. The minimum absolute atomic E-state index is 0.0456. The summed E-state index contributed by atoms with van der Waals surface area (Å²) in [6, 6.07) is 17.3. The van der Waals surface area contributed by atoms with E-state index in [0.717, 1.165) is 15.4 Å². The van der Waals surface area contributed by atoms with Gasteiger partial charge in [-0.2, -0.15) is 0 Å². The maximum atomic E-state index is 14.2. The summed E-state index contributed by atoms with van der Waals surface area (Å²) in [7, 11) is -4.15. The van der Waals surface area contributed by atoms with Crippen LogP contribution < -0.4 is 9.62 Å². The molecule has 10 heteroatoms. The summed E-state index contributed by atoms with van der Waals surface area (Å²) in [4.78, 5) is 29.1. The Labute approximate surface area is 253 Å². The van der Waals surface area contributed by atoms with E-state index in [1.165, 1.54) is 17.0 Å². The highest BCUT2D eigenvalue weighted by Gasteiger charge is 2.35. The molecule has 3 rings (SSSR count). The molecule has 0 fully saturated rings. The van der Waals surface area contributed by atoms with Crippen LogP contribution in [0, 0.1) is 13.8 Å². The topological polar surface area (TPSA) is 86.8 Å². The molecule has 0 unspecified atom stereocenters. The van der Waals surface area contributed by atoms with Crippen molar-refractivity contribution in [2.24, 2.45) is 0 Å². The standard InChI is InChI=1S/C31H37Cl2N3O4S/c1-7-28(30(38)34-31(4,5)6)35(19-25-26(32)14-11-15-27(25)33)29(37)20-36(23-17-16-21(2)22(3)18-23)41(39,40)24-12-9-8-10-13-24/h8-18,28H,7,19-20H2,1-6H3,(H,34,38)/t28-/m1/s1. The SMILES string of the molecule is CC[C@H](C(=O)NC(C)(C)C)N(Cc1c(Cl)cccc1Cl)C(=O)CN(c1ccc(C)c(C)c1)S(=O)(=O)c1ccccc1. The predicted octanol–water partition coefficient (Wildman–Crippen LogP) is 6.53. The molecule has 3 aromatic carbocycles. The largest absolute Gasteiger partial charge is 0.350 e. The van der Waals surface area contributed by atoms with Gasteiger partial charge in [0.05, 0.1) is 10.6 Å². The zero-order chi connectivity index (χ0) is 30.5. The van der Waals surface area contributed by atoms with Crippen LogP contribution in [0.1, 0.15) is 50.8 Å². The number of rotatable bonds is 10. The molecule has 0 aliphatic rings. The average molecular weight is 619 g/mol. The van der Waals surface area contributed by atoms with Gasteiger partial charge in [0, 0.05) is 27.7 Å². The number of nitrogens with zero attached hydrogens (tertiary/aromatic N) is 2. The van der Waals surface area contributed by atoms with Crippen LogP contribution in [0.15, 0.2) is 71.6 Å². The van der Waals surface area contributed by atoms with Crippen molar-refractivity contribution in [3.05, 3.63) is 93.5 Å². The Morgan fingerprint density at radius 3 is 2.05 bits per heavy atom. The minimum atomic E-state index is -4.15. The molecule has 0 aromatic heterocycles. The Hall–Kier alpha value is -3.07. The number of aryl methyl sites for hydroxylation is 2. The Morgan fingerprint density at radius 2 is 1.51 bits per heavy atom. The monoisotopic (exact) mass is 617 g/mol. The van der Waals surface area contributed by atoms with E-state index >= 15 is 0 Å². The van der Waals surface area contributed by atoms with Gasteiger partial charge in [-0.1, -0.05) is 60.5 Å². The lowest BCUT2D eigenvalue weighted by Crippen LogP contribution is -2.55. The van der Waals surface area contributed by atoms with Gasteiger partial charge in [-0.25, -0.2) is 8.42 Å². The summed E-state index contributed by atoms with van der Waals surface area (Å²) in [5.74, 6) is -0.935. The van der Waals surface area contributed by atoms with Crippen molar-refractivity contribution in [3.63, 3.8) is 0 Å². The maximum Gasteiger partial charge on any atom is 0.264 e. The second-order valence-corrected chi connectivity index (χ2v) is 13.7. The molecule has 0 bridgehead atoms. The lowest BCUT2D eigenvalue weighted by Gasteiger charge is -2.35. The van der Waals surface area contributed by atoms with Crippen molar-refractivity contribution in [2.75, 3.05) is 10.8 Å². The molecular weight excluding hydrogens is 581 g/mol. The molecule has 0 aliphatic heterocycles. The highest BCUT2D eigenvalue weighted by atomic mass is 35.5. The molecule has 3 aromatic rings. The molecule has 7 nitrogen and oxygen atoms in total. The van der Waals surface area contributed by atoms with Crippen LogP contribution in [-0.2, 0) is 26.2 Å². The molecule has 41 heavy (non-hydrogen) atoms. The summed E-state index contributed by atoms with van der Waals surface area (Å²) in [5.41, 5.74) is 2.11. The van der Waals surface area contributed by atoms with Gasteiger partial charge >= 0.3 is 0 Å². The van der Waals surface area contributed by atoms with E-state index in [-0.39, 0.29) is 23.8 Å². The van der Waals surface area contributed by atoms with E-state index in [1.807, 2.05) is 40.7 Å². The van der Waals surface area contributed by atoms with Gasteiger partial charge in [0.25, 0.3) is 10.0 Å². The first-order chi connectivity index (χ1) is 19.2. The van der Waals surface area contributed by atoms with Crippen molar-refractivity contribution in [1.82, 2.24) is 10.2 Å². The van der Waals surface area contributed by atoms with Crippen LogP contribution in [0.3, 0.4) is 0 Å². The number of hydrogen-bond acceptors (Lipinski definition) is 4. The van der Waals surface area contributed by atoms with Gasteiger partial charge in [-0.15, -0.1) is 0 Å². The van der Waals surface area contributed by atoms with Crippen LogP contribution >= 0.6 is 23.2 Å². The second kappa shape index (κ2) is 13.3. The molecule has 0 aliphatic carbocycles. The van der Waals surface area contributed by atoms with E-state index in [2.05, 4.69) is 5.32 Å². The van der Waals surface area contributed by atoms with Gasteiger partial charge in [-0.05, 0) is 88.6 Å². The van der Waals surface area contributed by atoms with Crippen molar-refractivity contribution in [2.45, 2.75) is 71.0 Å². The molecule has 2 amide bonds. The van der Waals surface area contributed by atoms with Crippen LogP contribution in [0.5, 0.6) is 0 Å². The van der Waals surface area contributed by atoms with E-state index in [9.17, 15) is 18.0 Å². The molecule has 1 atom stereocenters. The highest BCUT2D eigenvalue weighted by molar-refractivity contribution is 7.92. The first-order valence-electron chi connectivity index (χ1n) is 13.3. The van der Waals surface area contributed by atoms with Crippen molar-refractivity contribution < 1.29 is 18.0 Å². The number of carbonyl (C=O) groups is 2. The Kier molecular flexibility index (Phi) is 10.5. The first kappa shape index (κ1) is 32.4. The van der Waals surface area contributed by atoms with E-state index < -0.39 is 34.1 Å². The summed E-state index contributed by atoms with van der Waals surface area (Å²) in [6.45, 7) is 10.5. The number of sulfonamides is 1. The number of amides is 2. The maximum absolute atomic E-state index is 14.2. The van der Waals surface area contributed by atoms with Gasteiger partial charge in [0.1, 0.15) is 12.6 Å². The van der Waals surface area contributed by atoms with Crippen LogP contribution in [0.4, 0.5) is 5.69 Å². The molecule has 0 heterocycles. The van der Waals surface area contributed by atoms with Crippen LogP contribution in [0.2, 0.25) is 10.0 Å². The molecule has 0 saturated carbocycles. The molecule has 0 spiro atoms. The summed E-state index contributed by atoms with van der Waals surface area (Å²) < 4.78 is 29.0. The Bertz CT molecular complexity index is 1490. The Morgan fingerprint density at radius 1 is 0.902 bits per heavy atom. The number of carbonyl (C=O) groups excluding carboxylic acids is 2. The molecule has 1 N–H and O–H groups in total. The summed E-state index contributed by atoms with van der Waals surface area (Å²) in [6.07, 6.45) is 0.283. The zero-order valence-electron chi connectivity index (χ0n) is 24.2. The Balaban J connectivity index is 2.13. The van der Waals surface area contributed by atoms with Crippen molar-refractivity contribution in [1.29, 1.82) is 0 Å². The smallest absolute Gasteiger partial charge is 0.264 e.